The van der Waals surface area contributed by atoms with E-state index < -0.39 is 0 Å². The van der Waals surface area contributed by atoms with Crippen LogP contribution in [0.25, 0.3) is 0 Å². The summed E-state index contributed by atoms with van der Waals surface area (Å²) in [4.78, 5) is 11.2. The van der Waals surface area contributed by atoms with E-state index in [2.05, 4.69) is 6.92 Å². The standard InChI is InChI=1S/C10H21NO/c1-3-5-6-7-10(12)8-9(11)4-2/h9H,3-8,11H2,1-2H3. The molecule has 0 aromatic rings. The highest BCUT2D eigenvalue weighted by molar-refractivity contribution is 5.78. The van der Waals surface area contributed by atoms with Gasteiger partial charge in [-0.2, -0.15) is 0 Å². The van der Waals surface area contributed by atoms with Gasteiger partial charge in [0.2, 0.25) is 0 Å². The molecule has 0 rings (SSSR count). The Morgan fingerprint density at radius 3 is 2.50 bits per heavy atom. The molecule has 0 aliphatic heterocycles. The summed E-state index contributed by atoms with van der Waals surface area (Å²) >= 11 is 0. The molecule has 2 heteroatoms. The second-order valence-electron chi connectivity index (χ2n) is 3.37. The Balaban J connectivity index is 3.33. The number of unbranched alkanes of at least 4 members (excludes halogenated alkanes) is 2. The Labute approximate surface area is 75.5 Å². The van der Waals surface area contributed by atoms with Crippen LogP contribution < -0.4 is 5.73 Å². The van der Waals surface area contributed by atoms with Gasteiger partial charge in [-0.05, 0) is 12.8 Å². The van der Waals surface area contributed by atoms with Gasteiger partial charge in [-0.15, -0.1) is 0 Å². The highest BCUT2D eigenvalue weighted by Crippen LogP contribution is 2.04. The fourth-order valence-corrected chi connectivity index (χ4v) is 1.11. The smallest absolute Gasteiger partial charge is 0.134 e. The first-order chi connectivity index (χ1) is 5.70. The Morgan fingerprint density at radius 1 is 1.33 bits per heavy atom. The van der Waals surface area contributed by atoms with Gasteiger partial charge in [-0.3, -0.25) is 4.79 Å². The molecule has 0 aromatic carbocycles. The third-order valence-corrected chi connectivity index (χ3v) is 2.07. The van der Waals surface area contributed by atoms with Crippen molar-refractivity contribution in [1.82, 2.24) is 0 Å². The van der Waals surface area contributed by atoms with Gasteiger partial charge >= 0.3 is 0 Å². The molecule has 0 saturated carbocycles. The molecular formula is C10H21NO. The number of nitrogens with two attached hydrogens (primary N) is 1. The van der Waals surface area contributed by atoms with Gasteiger partial charge in [-0.25, -0.2) is 0 Å². The molecule has 0 radical (unpaired) electrons. The first-order valence-corrected chi connectivity index (χ1v) is 4.98. The number of ketones is 1. The van der Waals surface area contributed by atoms with E-state index in [1.807, 2.05) is 6.92 Å². The minimum Gasteiger partial charge on any atom is -0.327 e. The first-order valence-electron chi connectivity index (χ1n) is 4.98. The van der Waals surface area contributed by atoms with Crippen LogP contribution in [0.3, 0.4) is 0 Å². The van der Waals surface area contributed by atoms with E-state index in [0.29, 0.717) is 12.2 Å². The van der Waals surface area contributed by atoms with Crippen LogP contribution in [0.5, 0.6) is 0 Å². The lowest BCUT2D eigenvalue weighted by molar-refractivity contribution is -0.119. The number of rotatable bonds is 7. The van der Waals surface area contributed by atoms with Crippen LogP contribution in [-0.2, 0) is 4.79 Å². The summed E-state index contributed by atoms with van der Waals surface area (Å²) in [6.07, 6.45) is 5.56. The highest BCUT2D eigenvalue weighted by Gasteiger charge is 2.06. The van der Waals surface area contributed by atoms with Gasteiger partial charge in [0.25, 0.3) is 0 Å². The normalized spacial score (nSPS) is 12.9. The van der Waals surface area contributed by atoms with E-state index >= 15 is 0 Å². The summed E-state index contributed by atoms with van der Waals surface area (Å²) in [5, 5.41) is 0. The summed E-state index contributed by atoms with van der Waals surface area (Å²) in [7, 11) is 0. The maximum Gasteiger partial charge on any atom is 0.134 e. The zero-order valence-electron chi connectivity index (χ0n) is 8.31. The molecule has 0 spiro atoms. The molecule has 0 saturated heterocycles. The summed E-state index contributed by atoms with van der Waals surface area (Å²) in [6.45, 7) is 4.16. The van der Waals surface area contributed by atoms with Crippen LogP contribution in [0.1, 0.15) is 52.4 Å². The van der Waals surface area contributed by atoms with Crippen LogP contribution in [0, 0.1) is 0 Å². The molecule has 0 amide bonds. The molecule has 0 heterocycles. The number of Topliss-reactive ketones (excluding diaryl/α,β-unsaturated/α-hetero) is 1. The summed E-state index contributed by atoms with van der Waals surface area (Å²) in [6, 6.07) is 0.0825. The Bertz CT molecular complexity index is 123. The second-order valence-corrected chi connectivity index (χ2v) is 3.37. The monoisotopic (exact) mass is 171 g/mol. The molecule has 2 nitrogen and oxygen atoms in total. The molecule has 2 N–H and O–H groups in total. The van der Waals surface area contributed by atoms with Crippen molar-refractivity contribution in [2.45, 2.75) is 58.4 Å². The summed E-state index contributed by atoms with van der Waals surface area (Å²) < 4.78 is 0. The molecule has 1 unspecified atom stereocenters. The van der Waals surface area contributed by atoms with Gasteiger partial charge in [-0.1, -0.05) is 26.7 Å². The van der Waals surface area contributed by atoms with Crippen molar-refractivity contribution >= 4 is 5.78 Å². The summed E-state index contributed by atoms with van der Waals surface area (Å²) in [5.74, 6) is 0.331. The summed E-state index contributed by atoms with van der Waals surface area (Å²) in [5.41, 5.74) is 5.66. The Morgan fingerprint density at radius 2 is 2.00 bits per heavy atom. The molecular weight excluding hydrogens is 150 g/mol. The fraction of sp³-hybridized carbons (Fsp3) is 0.900. The highest BCUT2D eigenvalue weighted by atomic mass is 16.1. The third-order valence-electron chi connectivity index (χ3n) is 2.07. The molecule has 0 aliphatic rings. The van der Waals surface area contributed by atoms with E-state index in [-0.39, 0.29) is 6.04 Å². The van der Waals surface area contributed by atoms with Crippen LogP contribution in [0.4, 0.5) is 0 Å². The largest absolute Gasteiger partial charge is 0.327 e. The van der Waals surface area contributed by atoms with E-state index in [4.69, 9.17) is 5.73 Å². The Hall–Kier alpha value is -0.370. The number of carbonyl (C=O) groups excluding carboxylic acids is 1. The fourth-order valence-electron chi connectivity index (χ4n) is 1.11. The van der Waals surface area contributed by atoms with Crippen LogP contribution in [0.2, 0.25) is 0 Å². The molecule has 1 atom stereocenters. The lowest BCUT2D eigenvalue weighted by atomic mass is 10.0. The average Bonchev–Trinajstić information content (AvgIpc) is 2.05. The predicted molar refractivity (Wildman–Crippen MR) is 52.0 cm³/mol. The van der Waals surface area contributed by atoms with Gasteiger partial charge in [0.15, 0.2) is 0 Å². The van der Waals surface area contributed by atoms with Gasteiger partial charge in [0, 0.05) is 18.9 Å². The van der Waals surface area contributed by atoms with Crippen LogP contribution >= 0.6 is 0 Å². The minimum atomic E-state index is 0.0825. The average molecular weight is 171 g/mol. The molecule has 12 heavy (non-hydrogen) atoms. The van der Waals surface area contributed by atoms with E-state index in [0.717, 1.165) is 25.7 Å². The van der Waals surface area contributed by atoms with Crippen molar-refractivity contribution in [2.24, 2.45) is 5.73 Å². The van der Waals surface area contributed by atoms with Crippen molar-refractivity contribution in [1.29, 1.82) is 0 Å². The van der Waals surface area contributed by atoms with Crippen molar-refractivity contribution < 1.29 is 4.79 Å². The zero-order valence-corrected chi connectivity index (χ0v) is 8.31. The lowest BCUT2D eigenvalue weighted by Crippen LogP contribution is -2.22. The topological polar surface area (TPSA) is 43.1 Å². The van der Waals surface area contributed by atoms with E-state index in [9.17, 15) is 4.79 Å². The number of hydrogen-bond acceptors (Lipinski definition) is 2. The third kappa shape index (κ3) is 6.35. The molecule has 72 valence electrons. The van der Waals surface area contributed by atoms with Crippen LogP contribution in [0.15, 0.2) is 0 Å². The van der Waals surface area contributed by atoms with Crippen molar-refractivity contribution in [3.63, 3.8) is 0 Å². The zero-order chi connectivity index (χ0) is 9.40. The van der Waals surface area contributed by atoms with Gasteiger partial charge in [0.05, 0.1) is 0 Å². The SMILES string of the molecule is CCCCCC(=O)CC(N)CC. The van der Waals surface area contributed by atoms with Crippen molar-refractivity contribution in [2.75, 3.05) is 0 Å². The van der Waals surface area contributed by atoms with E-state index in [1.54, 1.807) is 0 Å². The predicted octanol–water partition coefficient (Wildman–Crippen LogP) is 2.26. The maximum absolute atomic E-state index is 11.2. The number of hydrogen-bond donors (Lipinski definition) is 1. The van der Waals surface area contributed by atoms with Gasteiger partial charge < -0.3 is 5.73 Å². The van der Waals surface area contributed by atoms with Crippen molar-refractivity contribution in [3.05, 3.63) is 0 Å². The molecule has 0 aliphatic carbocycles. The molecule has 0 bridgehead atoms. The Kier molecular flexibility index (Phi) is 7.06. The second kappa shape index (κ2) is 7.29. The van der Waals surface area contributed by atoms with Gasteiger partial charge in [0.1, 0.15) is 5.78 Å². The van der Waals surface area contributed by atoms with E-state index in [1.165, 1.54) is 6.42 Å². The first kappa shape index (κ1) is 11.6. The minimum absolute atomic E-state index is 0.0825. The van der Waals surface area contributed by atoms with Crippen LogP contribution in [-0.4, -0.2) is 11.8 Å². The lowest BCUT2D eigenvalue weighted by Gasteiger charge is -2.06. The quantitative estimate of drug-likeness (QED) is 0.597. The maximum atomic E-state index is 11.2. The van der Waals surface area contributed by atoms with Crippen molar-refractivity contribution in [3.8, 4) is 0 Å². The number of carbonyl (C=O) groups is 1. The molecule has 0 aromatic heterocycles. The molecule has 0 fully saturated rings.